The summed E-state index contributed by atoms with van der Waals surface area (Å²) in [6, 6.07) is 5.40. The number of rotatable bonds is 3. The number of fused-ring (bicyclic) bond motifs is 4. The number of nitrogens with zero attached hydrogens (tertiary/aromatic N) is 4. The summed E-state index contributed by atoms with van der Waals surface area (Å²) in [5, 5.41) is 7.52. The lowest BCUT2D eigenvalue weighted by molar-refractivity contribution is -0.137. The molecule has 3 aliphatic heterocycles. The van der Waals surface area contributed by atoms with Gasteiger partial charge < -0.3 is 29.3 Å². The van der Waals surface area contributed by atoms with Gasteiger partial charge in [-0.15, -0.1) is 0 Å². The molecule has 2 aromatic rings. The van der Waals surface area contributed by atoms with E-state index in [2.05, 4.69) is 10.4 Å². The van der Waals surface area contributed by atoms with Crippen LogP contribution in [0.25, 0.3) is 0 Å². The molecule has 0 aliphatic carbocycles. The van der Waals surface area contributed by atoms with Crippen molar-refractivity contribution < 1.29 is 28.6 Å². The molecule has 210 valence electrons. The number of benzene rings is 1. The minimum Gasteiger partial charge on any atom is -0.493 e. The van der Waals surface area contributed by atoms with Crippen molar-refractivity contribution in [3.05, 3.63) is 40.7 Å². The molecule has 2 fully saturated rings. The van der Waals surface area contributed by atoms with Gasteiger partial charge in [-0.3, -0.25) is 19.1 Å². The van der Waals surface area contributed by atoms with Crippen LogP contribution in [0.5, 0.6) is 11.5 Å². The second kappa shape index (κ2) is 11.8. The molecule has 4 heterocycles. The lowest BCUT2D eigenvalue weighted by Crippen LogP contribution is -2.47. The van der Waals surface area contributed by atoms with Crippen LogP contribution in [0.2, 0.25) is 5.02 Å². The predicted octanol–water partition coefficient (Wildman–Crippen LogP) is 1.84. The third-order valence-electron chi connectivity index (χ3n) is 7.60. The Morgan fingerprint density at radius 3 is 2.67 bits per heavy atom. The first-order valence-electron chi connectivity index (χ1n) is 13.3. The highest BCUT2D eigenvalue weighted by molar-refractivity contribution is 6.33. The molecule has 3 amide bonds. The van der Waals surface area contributed by atoms with Crippen LogP contribution in [-0.2, 0) is 21.4 Å². The Hall–Kier alpha value is -3.31. The summed E-state index contributed by atoms with van der Waals surface area (Å²) >= 11 is 6.24. The van der Waals surface area contributed by atoms with Crippen LogP contribution >= 0.6 is 11.6 Å². The summed E-state index contributed by atoms with van der Waals surface area (Å²) in [5.41, 5.74) is 1.04. The molecule has 1 aromatic heterocycles. The molecule has 2 saturated heterocycles. The average Bonchev–Trinajstić information content (AvgIpc) is 3.51. The number of nitrogens with one attached hydrogen (secondary N) is 1. The van der Waals surface area contributed by atoms with Crippen LogP contribution in [0.3, 0.4) is 0 Å². The molecule has 2 atom stereocenters. The normalized spacial score (nSPS) is 22.6. The number of halogens is 1. The van der Waals surface area contributed by atoms with E-state index in [0.717, 1.165) is 5.56 Å². The first-order chi connectivity index (χ1) is 18.8. The fourth-order valence-corrected chi connectivity index (χ4v) is 5.84. The Morgan fingerprint density at radius 1 is 1.15 bits per heavy atom. The van der Waals surface area contributed by atoms with Crippen LogP contribution < -0.4 is 14.8 Å². The lowest BCUT2D eigenvalue weighted by atomic mass is 9.93. The minimum atomic E-state index is -0.428. The van der Waals surface area contributed by atoms with Crippen molar-refractivity contribution in [3.8, 4) is 11.5 Å². The highest BCUT2D eigenvalue weighted by Crippen LogP contribution is 2.36. The van der Waals surface area contributed by atoms with Crippen molar-refractivity contribution >= 4 is 29.3 Å². The molecule has 1 aromatic carbocycles. The van der Waals surface area contributed by atoms with E-state index in [-0.39, 0.29) is 53.5 Å². The van der Waals surface area contributed by atoms with E-state index < -0.39 is 5.91 Å². The summed E-state index contributed by atoms with van der Waals surface area (Å²) in [6.45, 7) is 2.43. The van der Waals surface area contributed by atoms with Gasteiger partial charge in [-0.05, 0) is 37.0 Å². The first kappa shape index (κ1) is 27.3. The Kier molecular flexibility index (Phi) is 8.27. The number of hydrogen-bond acceptors (Lipinski definition) is 7. The number of amides is 3. The number of methoxy groups -OCH3 is 1. The Bertz CT molecular complexity index is 1230. The topological polar surface area (TPSA) is 115 Å². The monoisotopic (exact) mass is 559 g/mol. The predicted molar refractivity (Wildman–Crippen MR) is 142 cm³/mol. The van der Waals surface area contributed by atoms with Gasteiger partial charge in [0.1, 0.15) is 0 Å². The molecular formula is C27H34ClN5O6. The number of aromatic nitrogens is 2. The average molecular weight is 560 g/mol. The van der Waals surface area contributed by atoms with Gasteiger partial charge in [-0.2, -0.15) is 5.10 Å². The van der Waals surface area contributed by atoms with Crippen LogP contribution in [-0.4, -0.2) is 96.5 Å². The number of carbonyl (C=O) groups is 3. The van der Waals surface area contributed by atoms with Crippen LogP contribution in [0.15, 0.2) is 24.4 Å². The van der Waals surface area contributed by atoms with Crippen molar-refractivity contribution in [2.75, 3.05) is 53.1 Å². The fourth-order valence-electron chi connectivity index (χ4n) is 5.58. The smallest absolute Gasteiger partial charge is 0.276 e. The maximum atomic E-state index is 13.4. The number of ether oxygens (including phenoxy) is 3. The van der Waals surface area contributed by atoms with Gasteiger partial charge >= 0.3 is 0 Å². The maximum absolute atomic E-state index is 13.4. The molecule has 0 radical (unpaired) electrons. The molecule has 2 bridgehead atoms. The van der Waals surface area contributed by atoms with Crippen molar-refractivity contribution in [1.82, 2.24) is 24.9 Å². The van der Waals surface area contributed by atoms with E-state index in [1.807, 2.05) is 23.1 Å². The van der Waals surface area contributed by atoms with Gasteiger partial charge in [0, 0.05) is 57.9 Å². The van der Waals surface area contributed by atoms with Crippen LogP contribution in [0.4, 0.5) is 0 Å². The Labute approximate surface area is 232 Å². The molecule has 5 rings (SSSR count). The fraction of sp³-hybridized carbons (Fsp3) is 0.556. The first-order valence-corrected chi connectivity index (χ1v) is 13.7. The standard InChI is InChI=1S/C27H34ClN5O6/c1-31-14-20(28)25(30-31)27(36)32-8-3-9-39-23-12-18(4-5-22(23)37-2)19-13-33(15-21(19)29-24(34)16-32)26(35)17-6-10-38-11-7-17/h4-5,12,14,17,19,21H,3,6-11,13,15-16H2,1-2H3,(H,29,34)/t19-,21+/m1/s1. The van der Waals surface area contributed by atoms with E-state index >= 15 is 0 Å². The quantitative estimate of drug-likeness (QED) is 0.610. The molecule has 11 nitrogen and oxygen atoms in total. The molecule has 3 aliphatic rings. The zero-order valence-corrected chi connectivity index (χ0v) is 23.0. The largest absolute Gasteiger partial charge is 0.493 e. The SMILES string of the molecule is COc1ccc2cc1OCCCN(C(=O)c1nn(C)cc1Cl)CC(=O)N[C@H]1CN(C(=O)C3CCOCC3)C[C@H]21. The second-order valence-electron chi connectivity index (χ2n) is 10.2. The molecule has 0 unspecified atom stereocenters. The summed E-state index contributed by atoms with van der Waals surface area (Å²) < 4.78 is 18.5. The number of likely N-dealkylation sites (tertiary alicyclic amines) is 1. The Morgan fingerprint density at radius 2 is 1.95 bits per heavy atom. The summed E-state index contributed by atoms with van der Waals surface area (Å²) in [5.74, 6) is 0.303. The van der Waals surface area contributed by atoms with Gasteiger partial charge in [-0.25, -0.2) is 0 Å². The van der Waals surface area contributed by atoms with Crippen molar-refractivity contribution in [3.63, 3.8) is 0 Å². The van der Waals surface area contributed by atoms with E-state index in [4.69, 9.17) is 25.8 Å². The highest BCUT2D eigenvalue weighted by Gasteiger charge is 2.40. The van der Waals surface area contributed by atoms with Gasteiger partial charge in [0.15, 0.2) is 17.2 Å². The molecule has 0 saturated carbocycles. The maximum Gasteiger partial charge on any atom is 0.276 e. The highest BCUT2D eigenvalue weighted by atomic mass is 35.5. The number of aryl methyl sites for hydroxylation is 1. The summed E-state index contributed by atoms with van der Waals surface area (Å²) in [6.07, 6.45) is 3.43. The van der Waals surface area contributed by atoms with Gasteiger partial charge in [-0.1, -0.05) is 17.7 Å². The van der Waals surface area contributed by atoms with Gasteiger partial charge in [0.05, 0.1) is 31.3 Å². The van der Waals surface area contributed by atoms with Crippen molar-refractivity contribution in [2.24, 2.45) is 13.0 Å². The van der Waals surface area contributed by atoms with E-state index in [1.54, 1.807) is 20.4 Å². The molecular weight excluding hydrogens is 526 g/mol. The molecule has 1 N–H and O–H groups in total. The van der Waals surface area contributed by atoms with Crippen LogP contribution in [0.1, 0.15) is 41.2 Å². The molecule has 0 spiro atoms. The van der Waals surface area contributed by atoms with Gasteiger partial charge in [0.2, 0.25) is 11.8 Å². The van der Waals surface area contributed by atoms with Gasteiger partial charge in [0.25, 0.3) is 5.91 Å². The third-order valence-corrected chi connectivity index (χ3v) is 7.88. The number of hydrogen-bond donors (Lipinski definition) is 1. The zero-order valence-electron chi connectivity index (χ0n) is 22.2. The Balaban J connectivity index is 1.42. The second-order valence-corrected chi connectivity index (χ2v) is 10.7. The van der Waals surface area contributed by atoms with E-state index in [1.165, 1.54) is 9.58 Å². The van der Waals surface area contributed by atoms with Crippen molar-refractivity contribution in [2.45, 2.75) is 31.2 Å². The minimum absolute atomic E-state index is 0.0783. The third kappa shape index (κ3) is 5.99. The van der Waals surface area contributed by atoms with Crippen LogP contribution in [0, 0.1) is 5.92 Å². The zero-order chi connectivity index (χ0) is 27.5. The number of carbonyl (C=O) groups excluding carboxylic acids is 3. The van der Waals surface area contributed by atoms with E-state index in [0.29, 0.717) is 63.7 Å². The summed E-state index contributed by atoms with van der Waals surface area (Å²) in [7, 11) is 3.26. The van der Waals surface area contributed by atoms with Crippen molar-refractivity contribution in [1.29, 1.82) is 0 Å². The molecule has 39 heavy (non-hydrogen) atoms. The lowest BCUT2D eigenvalue weighted by Gasteiger charge is -2.26. The summed E-state index contributed by atoms with van der Waals surface area (Å²) in [4.78, 5) is 43.3. The molecule has 12 heteroatoms. The van der Waals surface area contributed by atoms with E-state index in [9.17, 15) is 14.4 Å².